The van der Waals surface area contributed by atoms with E-state index < -0.39 is 0 Å². The van der Waals surface area contributed by atoms with E-state index >= 15 is 0 Å². The molecule has 0 atom stereocenters. The summed E-state index contributed by atoms with van der Waals surface area (Å²) in [5, 5.41) is 6.91. The average molecular weight is 203 g/mol. The number of hydrogen-bond acceptors (Lipinski definition) is 3. The summed E-state index contributed by atoms with van der Waals surface area (Å²) < 4.78 is 5.41. The van der Waals surface area contributed by atoms with Crippen molar-refractivity contribution in [3.63, 3.8) is 0 Å². The Morgan fingerprint density at radius 1 is 1.40 bits per heavy atom. The maximum absolute atomic E-state index is 5.41. The van der Waals surface area contributed by atoms with Crippen molar-refractivity contribution < 1.29 is 4.74 Å². The fourth-order valence-corrected chi connectivity index (χ4v) is 1.36. The number of aromatic nitrogens is 3. The van der Waals surface area contributed by atoms with E-state index in [9.17, 15) is 0 Å². The Hall–Kier alpha value is -1.84. The summed E-state index contributed by atoms with van der Waals surface area (Å²) in [7, 11) is 0. The number of aromatic amines is 1. The molecule has 78 valence electrons. The van der Waals surface area contributed by atoms with Crippen LogP contribution >= 0.6 is 0 Å². The van der Waals surface area contributed by atoms with Gasteiger partial charge in [0.25, 0.3) is 0 Å². The second-order valence-electron chi connectivity index (χ2n) is 3.21. The molecule has 1 N–H and O–H groups in total. The van der Waals surface area contributed by atoms with Crippen molar-refractivity contribution in [2.45, 2.75) is 13.8 Å². The van der Waals surface area contributed by atoms with Crippen molar-refractivity contribution in [3.05, 3.63) is 30.1 Å². The van der Waals surface area contributed by atoms with E-state index in [0.29, 0.717) is 12.4 Å². The molecule has 4 heteroatoms. The van der Waals surface area contributed by atoms with Crippen molar-refractivity contribution in [3.8, 4) is 17.1 Å². The number of H-pyrrole nitrogens is 1. The maximum atomic E-state index is 5.41. The van der Waals surface area contributed by atoms with Gasteiger partial charge in [0.05, 0.1) is 6.61 Å². The second-order valence-corrected chi connectivity index (χ2v) is 3.21. The Bertz CT molecular complexity index is 451. The van der Waals surface area contributed by atoms with Gasteiger partial charge in [-0.2, -0.15) is 5.10 Å². The SMILES string of the molecule is CCOc1cccc(-c2n[nH]c(C)n2)c1. The third-order valence-electron chi connectivity index (χ3n) is 2.00. The zero-order valence-corrected chi connectivity index (χ0v) is 8.82. The van der Waals surface area contributed by atoms with Gasteiger partial charge in [0.15, 0.2) is 5.82 Å². The van der Waals surface area contributed by atoms with E-state index in [1.54, 1.807) is 0 Å². The van der Waals surface area contributed by atoms with Gasteiger partial charge in [0.2, 0.25) is 0 Å². The molecule has 0 aliphatic carbocycles. The normalized spacial score (nSPS) is 10.3. The summed E-state index contributed by atoms with van der Waals surface area (Å²) in [5.74, 6) is 2.36. The summed E-state index contributed by atoms with van der Waals surface area (Å²) in [5.41, 5.74) is 0.963. The van der Waals surface area contributed by atoms with Crippen LogP contribution in [0.2, 0.25) is 0 Å². The largest absolute Gasteiger partial charge is 0.494 e. The zero-order valence-electron chi connectivity index (χ0n) is 8.82. The minimum Gasteiger partial charge on any atom is -0.494 e. The van der Waals surface area contributed by atoms with Crippen LogP contribution in [0.15, 0.2) is 24.3 Å². The number of nitrogens with one attached hydrogen (secondary N) is 1. The molecule has 0 bridgehead atoms. The summed E-state index contributed by atoms with van der Waals surface area (Å²) in [4.78, 5) is 4.26. The minimum absolute atomic E-state index is 0.663. The van der Waals surface area contributed by atoms with Crippen LogP contribution in [0.5, 0.6) is 5.75 Å². The third kappa shape index (κ3) is 2.15. The van der Waals surface area contributed by atoms with Gasteiger partial charge < -0.3 is 4.74 Å². The molecule has 1 heterocycles. The zero-order chi connectivity index (χ0) is 10.7. The van der Waals surface area contributed by atoms with Gasteiger partial charge in [-0.25, -0.2) is 4.98 Å². The molecule has 0 amide bonds. The molecule has 0 saturated heterocycles. The summed E-state index contributed by atoms with van der Waals surface area (Å²) >= 11 is 0. The molecule has 0 fully saturated rings. The first kappa shape index (κ1) is 9.71. The van der Waals surface area contributed by atoms with E-state index in [1.807, 2.05) is 38.1 Å². The molecular formula is C11H13N3O. The van der Waals surface area contributed by atoms with E-state index in [4.69, 9.17) is 4.74 Å². The number of aryl methyl sites for hydroxylation is 1. The molecule has 0 unspecified atom stereocenters. The lowest BCUT2D eigenvalue weighted by atomic mass is 10.2. The summed E-state index contributed by atoms with van der Waals surface area (Å²) in [6.07, 6.45) is 0. The lowest BCUT2D eigenvalue weighted by Crippen LogP contribution is -1.91. The van der Waals surface area contributed by atoms with Crippen LogP contribution in [0.1, 0.15) is 12.7 Å². The highest BCUT2D eigenvalue weighted by molar-refractivity contribution is 5.57. The van der Waals surface area contributed by atoms with Gasteiger partial charge in [-0.15, -0.1) is 0 Å². The lowest BCUT2D eigenvalue weighted by molar-refractivity contribution is 0.340. The molecule has 0 aliphatic heterocycles. The van der Waals surface area contributed by atoms with Gasteiger partial charge in [0, 0.05) is 5.56 Å². The first-order valence-electron chi connectivity index (χ1n) is 4.92. The molecule has 0 aliphatic rings. The van der Waals surface area contributed by atoms with Gasteiger partial charge >= 0.3 is 0 Å². The number of ether oxygens (including phenoxy) is 1. The van der Waals surface area contributed by atoms with Crippen molar-refractivity contribution in [2.75, 3.05) is 6.61 Å². The van der Waals surface area contributed by atoms with Crippen LogP contribution in [-0.2, 0) is 0 Å². The summed E-state index contributed by atoms with van der Waals surface area (Å²) in [6, 6.07) is 7.76. The Labute approximate surface area is 88.3 Å². The van der Waals surface area contributed by atoms with Crippen molar-refractivity contribution in [1.29, 1.82) is 0 Å². The van der Waals surface area contributed by atoms with E-state index in [2.05, 4.69) is 15.2 Å². The first-order chi connectivity index (χ1) is 7.29. The highest BCUT2D eigenvalue weighted by atomic mass is 16.5. The molecule has 2 rings (SSSR count). The van der Waals surface area contributed by atoms with Gasteiger partial charge in [0.1, 0.15) is 11.6 Å². The predicted octanol–water partition coefficient (Wildman–Crippen LogP) is 2.18. The Kier molecular flexibility index (Phi) is 2.67. The van der Waals surface area contributed by atoms with Crippen LogP contribution in [0.25, 0.3) is 11.4 Å². The first-order valence-corrected chi connectivity index (χ1v) is 4.92. The smallest absolute Gasteiger partial charge is 0.181 e. The van der Waals surface area contributed by atoms with E-state index in [-0.39, 0.29) is 0 Å². The topological polar surface area (TPSA) is 50.8 Å². The lowest BCUT2D eigenvalue weighted by Gasteiger charge is -2.03. The Balaban J connectivity index is 2.32. The van der Waals surface area contributed by atoms with Crippen molar-refractivity contribution in [1.82, 2.24) is 15.2 Å². The van der Waals surface area contributed by atoms with Gasteiger partial charge in [-0.05, 0) is 26.0 Å². The van der Waals surface area contributed by atoms with Crippen LogP contribution < -0.4 is 4.74 Å². The molecule has 4 nitrogen and oxygen atoms in total. The molecule has 15 heavy (non-hydrogen) atoms. The predicted molar refractivity (Wildman–Crippen MR) is 57.7 cm³/mol. The van der Waals surface area contributed by atoms with Crippen LogP contribution in [0.3, 0.4) is 0 Å². The fraction of sp³-hybridized carbons (Fsp3) is 0.273. The van der Waals surface area contributed by atoms with E-state index in [1.165, 1.54) is 0 Å². The minimum atomic E-state index is 0.663. The standard InChI is InChI=1S/C11H13N3O/c1-3-15-10-6-4-5-9(7-10)11-12-8(2)13-14-11/h4-7H,3H2,1-2H3,(H,12,13,14). The highest BCUT2D eigenvalue weighted by Gasteiger charge is 2.04. The molecular weight excluding hydrogens is 190 g/mol. The van der Waals surface area contributed by atoms with Gasteiger partial charge in [-0.3, -0.25) is 5.10 Å². The van der Waals surface area contributed by atoms with Crippen LogP contribution in [-0.4, -0.2) is 21.8 Å². The number of rotatable bonds is 3. The molecule has 0 radical (unpaired) electrons. The summed E-state index contributed by atoms with van der Waals surface area (Å²) in [6.45, 7) is 4.50. The van der Waals surface area contributed by atoms with Crippen molar-refractivity contribution >= 4 is 0 Å². The molecule has 2 aromatic rings. The molecule has 1 aromatic heterocycles. The Morgan fingerprint density at radius 3 is 2.93 bits per heavy atom. The molecule has 1 aromatic carbocycles. The van der Waals surface area contributed by atoms with Crippen LogP contribution in [0, 0.1) is 6.92 Å². The van der Waals surface area contributed by atoms with Crippen molar-refractivity contribution in [2.24, 2.45) is 0 Å². The average Bonchev–Trinajstić information content (AvgIpc) is 2.66. The van der Waals surface area contributed by atoms with E-state index in [0.717, 1.165) is 17.1 Å². The quantitative estimate of drug-likeness (QED) is 0.831. The third-order valence-corrected chi connectivity index (χ3v) is 2.00. The van der Waals surface area contributed by atoms with Gasteiger partial charge in [-0.1, -0.05) is 12.1 Å². The maximum Gasteiger partial charge on any atom is 0.181 e. The Morgan fingerprint density at radius 2 is 2.27 bits per heavy atom. The fourth-order valence-electron chi connectivity index (χ4n) is 1.36. The number of nitrogens with zero attached hydrogens (tertiary/aromatic N) is 2. The second kappa shape index (κ2) is 4.13. The highest BCUT2D eigenvalue weighted by Crippen LogP contribution is 2.20. The molecule has 0 saturated carbocycles. The van der Waals surface area contributed by atoms with Crippen LogP contribution in [0.4, 0.5) is 0 Å². The molecule has 0 spiro atoms. The number of hydrogen-bond donors (Lipinski definition) is 1. The number of benzene rings is 1. The monoisotopic (exact) mass is 203 g/mol.